The predicted octanol–water partition coefficient (Wildman–Crippen LogP) is 1.48. The maximum Gasteiger partial charge on any atom is 0.0558 e. The monoisotopic (exact) mass is 191 g/mol. The number of hydrogen-bond donors (Lipinski definition) is 2. The van der Waals surface area contributed by atoms with Crippen molar-refractivity contribution in [1.29, 1.82) is 0 Å². The Morgan fingerprint density at radius 1 is 1.64 bits per heavy atom. The molecule has 0 spiro atoms. The van der Waals surface area contributed by atoms with Crippen molar-refractivity contribution in [3.8, 4) is 0 Å². The smallest absolute Gasteiger partial charge is 0.0558 e. The van der Waals surface area contributed by atoms with Crippen molar-refractivity contribution in [2.45, 2.75) is 6.54 Å². The van der Waals surface area contributed by atoms with E-state index in [2.05, 4.69) is 5.32 Å². The van der Waals surface area contributed by atoms with Crippen molar-refractivity contribution in [2.24, 2.45) is 0 Å². The lowest BCUT2D eigenvalue weighted by molar-refractivity contribution is 0.292. The molecule has 0 saturated carbocycles. The van der Waals surface area contributed by atoms with Crippen molar-refractivity contribution >= 4 is 22.9 Å². The molecule has 1 aromatic rings. The first-order chi connectivity index (χ1) is 5.34. The molecule has 1 aromatic heterocycles. The highest BCUT2D eigenvalue weighted by Crippen LogP contribution is 2.21. The molecule has 0 aromatic carbocycles. The van der Waals surface area contributed by atoms with Crippen LogP contribution in [0.5, 0.6) is 0 Å². The zero-order chi connectivity index (χ0) is 8.10. The average molecular weight is 192 g/mol. The summed E-state index contributed by atoms with van der Waals surface area (Å²) < 4.78 is 0. The van der Waals surface area contributed by atoms with Gasteiger partial charge < -0.3 is 10.4 Å². The van der Waals surface area contributed by atoms with Gasteiger partial charge in [0.2, 0.25) is 0 Å². The van der Waals surface area contributed by atoms with Crippen molar-refractivity contribution in [1.82, 2.24) is 5.32 Å². The molecule has 0 aliphatic heterocycles. The summed E-state index contributed by atoms with van der Waals surface area (Å²) >= 11 is 7.45. The van der Waals surface area contributed by atoms with Gasteiger partial charge in [-0.2, -0.15) is 0 Å². The van der Waals surface area contributed by atoms with E-state index in [0.717, 1.165) is 16.4 Å². The van der Waals surface area contributed by atoms with Crippen LogP contribution in [0.2, 0.25) is 5.02 Å². The van der Waals surface area contributed by atoms with Gasteiger partial charge in [-0.3, -0.25) is 0 Å². The molecule has 0 atom stereocenters. The maximum absolute atomic E-state index is 8.47. The fourth-order valence-corrected chi connectivity index (χ4v) is 1.80. The second-order valence-corrected chi connectivity index (χ2v) is 3.50. The minimum atomic E-state index is 0.170. The highest BCUT2D eigenvalue weighted by molar-refractivity contribution is 7.10. The van der Waals surface area contributed by atoms with Gasteiger partial charge in [0.05, 0.1) is 11.6 Å². The van der Waals surface area contributed by atoms with Crippen LogP contribution in [0.1, 0.15) is 4.88 Å². The highest BCUT2D eigenvalue weighted by Gasteiger charge is 1.99. The molecule has 1 heterocycles. The van der Waals surface area contributed by atoms with Crippen molar-refractivity contribution in [2.75, 3.05) is 13.2 Å². The molecule has 0 aliphatic carbocycles. The van der Waals surface area contributed by atoms with E-state index < -0.39 is 0 Å². The van der Waals surface area contributed by atoms with Crippen LogP contribution in [-0.2, 0) is 6.54 Å². The van der Waals surface area contributed by atoms with E-state index in [1.807, 2.05) is 11.4 Å². The highest BCUT2D eigenvalue weighted by atomic mass is 35.5. The van der Waals surface area contributed by atoms with Gasteiger partial charge in [-0.15, -0.1) is 11.3 Å². The van der Waals surface area contributed by atoms with Gasteiger partial charge in [0.15, 0.2) is 0 Å². The third-order valence-corrected chi connectivity index (χ3v) is 2.65. The number of hydrogen-bond acceptors (Lipinski definition) is 3. The predicted molar refractivity (Wildman–Crippen MR) is 48.1 cm³/mol. The van der Waals surface area contributed by atoms with Crippen LogP contribution in [-0.4, -0.2) is 18.3 Å². The molecule has 62 valence electrons. The average Bonchev–Trinajstić information content (AvgIpc) is 2.37. The summed E-state index contributed by atoms with van der Waals surface area (Å²) in [5.74, 6) is 0. The second-order valence-electron chi connectivity index (χ2n) is 2.09. The standard InChI is InChI=1S/C7H10ClNOS/c8-6-1-4-11-7(6)5-9-2-3-10/h1,4,9-10H,2-3,5H2. The molecular formula is C7H10ClNOS. The van der Waals surface area contributed by atoms with Crippen LogP contribution in [0.15, 0.2) is 11.4 Å². The zero-order valence-electron chi connectivity index (χ0n) is 6.01. The fraction of sp³-hybridized carbons (Fsp3) is 0.429. The first-order valence-corrected chi connectivity index (χ1v) is 4.64. The van der Waals surface area contributed by atoms with Crippen molar-refractivity contribution in [3.05, 3.63) is 21.3 Å². The number of nitrogens with one attached hydrogen (secondary N) is 1. The molecule has 2 N–H and O–H groups in total. The molecule has 0 fully saturated rings. The summed E-state index contributed by atoms with van der Waals surface area (Å²) in [5, 5.41) is 14.3. The molecule has 0 saturated heterocycles. The summed E-state index contributed by atoms with van der Waals surface area (Å²) in [4.78, 5) is 1.13. The summed E-state index contributed by atoms with van der Waals surface area (Å²) in [6.07, 6.45) is 0. The Labute approximate surface area is 74.8 Å². The number of aliphatic hydroxyl groups excluding tert-OH is 1. The van der Waals surface area contributed by atoms with Crippen LogP contribution in [0.25, 0.3) is 0 Å². The molecule has 1 rings (SSSR count). The van der Waals surface area contributed by atoms with Crippen LogP contribution in [0, 0.1) is 0 Å². The van der Waals surface area contributed by atoms with Crippen LogP contribution >= 0.6 is 22.9 Å². The first kappa shape index (κ1) is 9.00. The Hall–Kier alpha value is -0.0900. The van der Waals surface area contributed by atoms with Crippen LogP contribution in [0.4, 0.5) is 0 Å². The Kier molecular flexibility index (Phi) is 3.86. The molecule has 11 heavy (non-hydrogen) atoms. The van der Waals surface area contributed by atoms with Gasteiger partial charge in [0.25, 0.3) is 0 Å². The SMILES string of the molecule is OCCNCc1sccc1Cl. The van der Waals surface area contributed by atoms with Gasteiger partial charge in [-0.05, 0) is 11.4 Å². The minimum absolute atomic E-state index is 0.170. The third kappa shape index (κ3) is 2.79. The van der Waals surface area contributed by atoms with Crippen molar-refractivity contribution in [3.63, 3.8) is 0 Å². The number of thiophene rings is 1. The van der Waals surface area contributed by atoms with E-state index in [-0.39, 0.29) is 6.61 Å². The topological polar surface area (TPSA) is 32.3 Å². The minimum Gasteiger partial charge on any atom is -0.395 e. The summed E-state index contributed by atoms with van der Waals surface area (Å²) in [6.45, 7) is 1.54. The lowest BCUT2D eigenvalue weighted by Gasteiger charge is -1.99. The summed E-state index contributed by atoms with van der Waals surface area (Å²) in [6, 6.07) is 1.88. The molecule has 2 nitrogen and oxygen atoms in total. The van der Waals surface area contributed by atoms with Crippen molar-refractivity contribution < 1.29 is 5.11 Å². The number of halogens is 1. The van der Waals surface area contributed by atoms with Gasteiger partial charge in [0.1, 0.15) is 0 Å². The first-order valence-electron chi connectivity index (χ1n) is 3.38. The molecule has 0 unspecified atom stereocenters. The third-order valence-electron chi connectivity index (χ3n) is 1.27. The molecule has 0 aliphatic rings. The van der Waals surface area contributed by atoms with Crippen LogP contribution in [0.3, 0.4) is 0 Å². The largest absolute Gasteiger partial charge is 0.395 e. The number of aliphatic hydroxyl groups is 1. The zero-order valence-corrected chi connectivity index (χ0v) is 7.58. The van der Waals surface area contributed by atoms with Gasteiger partial charge >= 0.3 is 0 Å². The Morgan fingerprint density at radius 2 is 2.45 bits per heavy atom. The van der Waals surface area contributed by atoms with E-state index in [0.29, 0.717) is 6.54 Å². The van der Waals surface area contributed by atoms with E-state index in [1.165, 1.54) is 0 Å². The molecule has 0 bridgehead atoms. The second kappa shape index (κ2) is 4.72. The summed E-state index contributed by atoms with van der Waals surface area (Å²) in [7, 11) is 0. The quantitative estimate of drug-likeness (QED) is 0.707. The molecule has 4 heteroatoms. The van der Waals surface area contributed by atoms with E-state index in [1.54, 1.807) is 11.3 Å². The molecule has 0 radical (unpaired) electrons. The molecular weight excluding hydrogens is 182 g/mol. The van der Waals surface area contributed by atoms with E-state index in [4.69, 9.17) is 16.7 Å². The summed E-state index contributed by atoms with van der Waals surface area (Å²) in [5.41, 5.74) is 0. The Morgan fingerprint density at radius 3 is 3.00 bits per heavy atom. The van der Waals surface area contributed by atoms with Gasteiger partial charge in [-0.1, -0.05) is 11.6 Å². The normalized spacial score (nSPS) is 10.4. The maximum atomic E-state index is 8.47. The van der Waals surface area contributed by atoms with Crippen LogP contribution < -0.4 is 5.32 Å². The lowest BCUT2D eigenvalue weighted by Crippen LogP contribution is -2.16. The Balaban J connectivity index is 2.32. The van der Waals surface area contributed by atoms with E-state index in [9.17, 15) is 0 Å². The Bertz CT molecular complexity index is 214. The fourth-order valence-electron chi connectivity index (χ4n) is 0.732. The van der Waals surface area contributed by atoms with Gasteiger partial charge in [-0.25, -0.2) is 0 Å². The lowest BCUT2D eigenvalue weighted by atomic mass is 10.4. The van der Waals surface area contributed by atoms with Gasteiger partial charge in [0, 0.05) is 18.0 Å². The van der Waals surface area contributed by atoms with E-state index >= 15 is 0 Å². The number of rotatable bonds is 4. The molecule has 0 amide bonds.